The zero-order chi connectivity index (χ0) is 23.9. The molecule has 2 heterocycles. The Bertz CT molecular complexity index is 1080. The van der Waals surface area contributed by atoms with Crippen molar-refractivity contribution in [3.05, 3.63) is 41.7 Å². The molecule has 0 atom stereocenters. The maximum Gasteiger partial charge on any atom is 0.326 e. The summed E-state index contributed by atoms with van der Waals surface area (Å²) < 4.78 is 30.6. The van der Waals surface area contributed by atoms with Gasteiger partial charge in [0.1, 0.15) is 5.82 Å². The van der Waals surface area contributed by atoms with Gasteiger partial charge in [-0.05, 0) is 80.6 Å². The van der Waals surface area contributed by atoms with Crippen molar-refractivity contribution in [2.45, 2.75) is 31.1 Å². The van der Waals surface area contributed by atoms with E-state index in [0.29, 0.717) is 29.5 Å². The summed E-state index contributed by atoms with van der Waals surface area (Å²) in [5, 5.41) is 2.97. The number of benzene rings is 2. The van der Waals surface area contributed by atoms with E-state index in [1.54, 1.807) is 36.3 Å². The first kappa shape index (κ1) is 22.8. The molecule has 5 rings (SSSR count). The molecule has 0 aromatic heterocycles. The minimum atomic E-state index is -0.282. The lowest BCUT2D eigenvalue weighted by Crippen LogP contribution is -2.47. The number of anilines is 2. The molecular weight excluding hydrogens is 437 g/mol. The van der Waals surface area contributed by atoms with Crippen LogP contribution in [0.5, 0.6) is 17.2 Å². The number of amides is 2. The summed E-state index contributed by atoms with van der Waals surface area (Å²) in [5.74, 6) is 1.89. The van der Waals surface area contributed by atoms with Crippen LogP contribution in [-0.2, 0) is 5.41 Å². The fourth-order valence-corrected chi connectivity index (χ4v) is 5.46. The second-order valence-corrected chi connectivity index (χ2v) is 9.58. The number of methoxy groups -OCH3 is 3. The van der Waals surface area contributed by atoms with E-state index in [2.05, 4.69) is 10.2 Å². The van der Waals surface area contributed by atoms with Crippen LogP contribution >= 0.6 is 0 Å². The van der Waals surface area contributed by atoms with Crippen molar-refractivity contribution in [2.75, 3.05) is 57.7 Å². The van der Waals surface area contributed by atoms with Crippen LogP contribution in [0.2, 0.25) is 0 Å². The molecule has 2 aliphatic heterocycles. The minimum Gasteiger partial charge on any atom is -0.493 e. The number of urea groups is 1. The largest absolute Gasteiger partial charge is 0.493 e. The first-order valence-electron chi connectivity index (χ1n) is 11.9. The fourth-order valence-electron chi connectivity index (χ4n) is 5.46. The van der Waals surface area contributed by atoms with Gasteiger partial charge in [0.15, 0.2) is 11.5 Å². The van der Waals surface area contributed by atoms with Gasteiger partial charge in [0.2, 0.25) is 5.75 Å². The molecule has 0 radical (unpaired) electrons. The van der Waals surface area contributed by atoms with Gasteiger partial charge < -0.3 is 24.4 Å². The number of hydrogen-bond acceptors (Lipinski definition) is 5. The number of fused-ring (bicyclic) bond motifs is 2. The average Bonchev–Trinajstić information content (AvgIpc) is 3.62. The molecule has 8 heteroatoms. The van der Waals surface area contributed by atoms with Crippen molar-refractivity contribution in [1.29, 1.82) is 0 Å². The fraction of sp³-hybridized carbons (Fsp3) is 0.500. The predicted octanol–water partition coefficient (Wildman–Crippen LogP) is 4.65. The average molecular weight is 470 g/mol. The lowest BCUT2D eigenvalue weighted by atomic mass is 9.74. The third-order valence-corrected chi connectivity index (χ3v) is 7.50. The van der Waals surface area contributed by atoms with E-state index < -0.39 is 0 Å². The molecule has 1 aliphatic carbocycles. The smallest absolute Gasteiger partial charge is 0.326 e. The maximum absolute atomic E-state index is 14.3. The summed E-state index contributed by atoms with van der Waals surface area (Å²) in [6.07, 6.45) is 4.51. The molecule has 0 bridgehead atoms. The number of carbonyl (C=O) groups excluding carboxylic acids is 1. The summed E-state index contributed by atoms with van der Waals surface area (Å²) in [4.78, 5) is 17.8. The normalized spacial score (nSPS) is 19.1. The Morgan fingerprint density at radius 1 is 1.06 bits per heavy atom. The lowest BCUT2D eigenvalue weighted by Gasteiger charge is -2.40. The van der Waals surface area contributed by atoms with Crippen LogP contribution in [0.1, 0.15) is 31.2 Å². The zero-order valence-corrected chi connectivity index (χ0v) is 20.0. The number of nitrogens with zero attached hydrogens (tertiary/aromatic N) is 2. The van der Waals surface area contributed by atoms with Gasteiger partial charge in [0, 0.05) is 24.2 Å². The van der Waals surface area contributed by atoms with Crippen LogP contribution in [0.4, 0.5) is 20.6 Å². The Morgan fingerprint density at radius 3 is 2.44 bits per heavy atom. The number of hydrogen-bond donors (Lipinski definition) is 1. The summed E-state index contributed by atoms with van der Waals surface area (Å²) in [6.45, 7) is 3.65. The molecule has 2 aromatic rings. The van der Waals surface area contributed by atoms with Crippen molar-refractivity contribution in [3.63, 3.8) is 0 Å². The first-order chi connectivity index (χ1) is 16.5. The maximum atomic E-state index is 14.3. The van der Waals surface area contributed by atoms with Crippen LogP contribution < -0.4 is 24.4 Å². The molecule has 7 nitrogen and oxygen atoms in total. The Labute approximate surface area is 199 Å². The topological polar surface area (TPSA) is 63.3 Å². The number of rotatable bonds is 6. The van der Waals surface area contributed by atoms with Gasteiger partial charge in [-0.3, -0.25) is 4.90 Å². The van der Waals surface area contributed by atoms with E-state index in [1.807, 2.05) is 0 Å². The van der Waals surface area contributed by atoms with Gasteiger partial charge in [0.05, 0.1) is 27.0 Å². The van der Waals surface area contributed by atoms with Crippen molar-refractivity contribution in [3.8, 4) is 17.2 Å². The van der Waals surface area contributed by atoms with E-state index in [4.69, 9.17) is 14.2 Å². The van der Waals surface area contributed by atoms with Gasteiger partial charge in [0.25, 0.3) is 0 Å². The van der Waals surface area contributed by atoms with Gasteiger partial charge in [-0.25, -0.2) is 9.18 Å². The Kier molecular flexibility index (Phi) is 6.02. The van der Waals surface area contributed by atoms with Gasteiger partial charge in [-0.1, -0.05) is 0 Å². The summed E-state index contributed by atoms with van der Waals surface area (Å²) in [5.41, 5.74) is 1.97. The highest BCUT2D eigenvalue weighted by molar-refractivity contribution is 6.04. The van der Waals surface area contributed by atoms with Crippen LogP contribution in [0.15, 0.2) is 30.3 Å². The van der Waals surface area contributed by atoms with Crippen molar-refractivity contribution in [2.24, 2.45) is 5.92 Å². The van der Waals surface area contributed by atoms with Gasteiger partial charge in [-0.15, -0.1) is 0 Å². The molecule has 0 unspecified atom stereocenters. The van der Waals surface area contributed by atoms with Crippen molar-refractivity contribution < 1.29 is 23.4 Å². The summed E-state index contributed by atoms with van der Waals surface area (Å²) >= 11 is 0. The molecular formula is C26H32FN3O4. The number of piperidine rings is 1. The van der Waals surface area contributed by atoms with E-state index >= 15 is 0 Å². The SMILES string of the molecule is COc1ccc(NC(=O)N2CC3(CCN(CC4CC4)CC3)c3cc(F)ccc32)c(OC)c1OC. The van der Waals surface area contributed by atoms with E-state index in [-0.39, 0.29) is 17.3 Å². The monoisotopic (exact) mass is 469 g/mol. The third-order valence-electron chi connectivity index (χ3n) is 7.50. The standard InChI is InChI=1S/C26H32FN3O4/c1-32-22-9-7-20(23(33-2)24(22)34-3)28-25(31)30-16-26(19-14-18(27)6-8-21(19)30)10-12-29(13-11-26)15-17-4-5-17/h6-9,14,17H,4-5,10-13,15-16H2,1-3H3,(H,28,31). The Morgan fingerprint density at radius 2 is 1.79 bits per heavy atom. The molecule has 1 spiro atoms. The molecule has 2 aromatic carbocycles. The molecule has 2 amide bonds. The second-order valence-electron chi connectivity index (χ2n) is 9.58. The highest BCUT2D eigenvalue weighted by atomic mass is 19.1. The summed E-state index contributed by atoms with van der Waals surface area (Å²) in [6, 6.07) is 7.94. The van der Waals surface area contributed by atoms with E-state index in [9.17, 15) is 9.18 Å². The number of halogens is 1. The zero-order valence-electron chi connectivity index (χ0n) is 20.0. The molecule has 182 valence electrons. The first-order valence-corrected chi connectivity index (χ1v) is 11.9. The molecule has 1 saturated heterocycles. The third kappa shape index (κ3) is 4.04. The van der Waals surface area contributed by atoms with E-state index in [1.165, 1.54) is 33.1 Å². The Hall–Kier alpha value is -3.00. The second kappa shape index (κ2) is 8.98. The number of nitrogens with one attached hydrogen (secondary N) is 1. The molecule has 2 fully saturated rings. The molecule has 1 N–H and O–H groups in total. The van der Waals surface area contributed by atoms with Gasteiger partial charge >= 0.3 is 6.03 Å². The van der Waals surface area contributed by atoms with Crippen LogP contribution in [-0.4, -0.2) is 58.4 Å². The predicted molar refractivity (Wildman–Crippen MR) is 129 cm³/mol. The molecule has 34 heavy (non-hydrogen) atoms. The molecule has 3 aliphatic rings. The van der Waals surface area contributed by atoms with Gasteiger partial charge in [-0.2, -0.15) is 0 Å². The number of carbonyl (C=O) groups is 1. The van der Waals surface area contributed by atoms with E-state index in [0.717, 1.165) is 49.6 Å². The van der Waals surface area contributed by atoms with Crippen molar-refractivity contribution >= 4 is 17.4 Å². The molecule has 1 saturated carbocycles. The highest BCUT2D eigenvalue weighted by Crippen LogP contribution is 2.48. The van der Waals surface area contributed by atoms with Crippen LogP contribution in [0, 0.1) is 11.7 Å². The van der Waals surface area contributed by atoms with Crippen LogP contribution in [0.25, 0.3) is 0 Å². The number of ether oxygens (including phenoxy) is 3. The summed E-state index contributed by atoms with van der Waals surface area (Å²) in [7, 11) is 4.59. The minimum absolute atomic E-state index is 0.226. The lowest BCUT2D eigenvalue weighted by molar-refractivity contribution is 0.161. The quantitative estimate of drug-likeness (QED) is 0.668. The van der Waals surface area contributed by atoms with Crippen molar-refractivity contribution in [1.82, 2.24) is 4.90 Å². The highest BCUT2D eigenvalue weighted by Gasteiger charge is 2.47. The number of likely N-dealkylation sites (tertiary alicyclic amines) is 1. The van der Waals surface area contributed by atoms with Crippen LogP contribution in [0.3, 0.4) is 0 Å². The Balaban J connectivity index is 1.40.